The highest BCUT2D eigenvalue weighted by Gasteiger charge is 2.30. The molecule has 0 aromatic heterocycles. The summed E-state index contributed by atoms with van der Waals surface area (Å²) in [5.41, 5.74) is 0. The smallest absolute Gasteiger partial charge is 0.335 e. The maximum Gasteiger partial charge on any atom is 0.335 e. The van der Waals surface area contributed by atoms with E-state index in [1.54, 1.807) is 0 Å². The van der Waals surface area contributed by atoms with Crippen LogP contribution in [0.3, 0.4) is 0 Å². The SMILES string of the molecule is CCCO[Si](C)(CCCF)OCCC. The number of rotatable bonds is 9. The van der Waals surface area contributed by atoms with Gasteiger partial charge in [-0.25, -0.2) is 0 Å². The third kappa shape index (κ3) is 6.51. The summed E-state index contributed by atoms with van der Waals surface area (Å²) in [6, 6.07) is 0.767. The van der Waals surface area contributed by atoms with Crippen LogP contribution < -0.4 is 0 Å². The van der Waals surface area contributed by atoms with E-state index in [9.17, 15) is 4.39 Å². The van der Waals surface area contributed by atoms with E-state index in [1.807, 2.05) is 6.55 Å². The van der Waals surface area contributed by atoms with Gasteiger partial charge in [-0.05, 0) is 31.9 Å². The van der Waals surface area contributed by atoms with E-state index in [0.717, 1.165) is 32.1 Å². The molecule has 0 saturated heterocycles. The van der Waals surface area contributed by atoms with Crippen LogP contribution in [-0.4, -0.2) is 28.4 Å². The van der Waals surface area contributed by atoms with Gasteiger partial charge >= 0.3 is 8.56 Å². The second-order valence-electron chi connectivity index (χ2n) is 3.62. The molecule has 0 spiro atoms. The zero-order chi connectivity index (χ0) is 10.9. The van der Waals surface area contributed by atoms with Crippen LogP contribution in [0, 0.1) is 0 Å². The van der Waals surface area contributed by atoms with Gasteiger partial charge in [0.15, 0.2) is 0 Å². The molecule has 0 amide bonds. The quantitative estimate of drug-likeness (QED) is 0.557. The maximum absolute atomic E-state index is 12.1. The van der Waals surface area contributed by atoms with Crippen LogP contribution in [0.2, 0.25) is 12.6 Å². The molecule has 0 aliphatic rings. The summed E-state index contributed by atoms with van der Waals surface area (Å²) < 4.78 is 23.5. The molecule has 0 rings (SSSR count). The topological polar surface area (TPSA) is 18.5 Å². The lowest BCUT2D eigenvalue weighted by Crippen LogP contribution is -2.39. The first-order valence-corrected chi connectivity index (χ1v) is 8.04. The molecule has 2 nitrogen and oxygen atoms in total. The zero-order valence-corrected chi connectivity index (χ0v) is 10.6. The lowest BCUT2D eigenvalue weighted by molar-refractivity contribution is 0.171. The molecule has 0 unspecified atom stereocenters. The Morgan fingerprint density at radius 1 is 1.07 bits per heavy atom. The first-order valence-electron chi connectivity index (χ1n) is 5.52. The Morgan fingerprint density at radius 2 is 1.57 bits per heavy atom. The van der Waals surface area contributed by atoms with E-state index in [1.165, 1.54) is 0 Å². The van der Waals surface area contributed by atoms with Crippen LogP contribution >= 0.6 is 0 Å². The van der Waals surface area contributed by atoms with Gasteiger partial charge in [0.25, 0.3) is 0 Å². The molecule has 14 heavy (non-hydrogen) atoms. The highest BCUT2D eigenvalue weighted by atomic mass is 28.4. The van der Waals surface area contributed by atoms with Gasteiger partial charge in [0.1, 0.15) is 0 Å². The Bertz CT molecular complexity index is 112. The molecule has 0 heterocycles. The Balaban J connectivity index is 3.89. The summed E-state index contributed by atoms with van der Waals surface area (Å²) in [4.78, 5) is 0. The minimum atomic E-state index is -2.05. The minimum Gasteiger partial charge on any atom is -0.394 e. The zero-order valence-electron chi connectivity index (χ0n) is 9.64. The largest absolute Gasteiger partial charge is 0.394 e. The lowest BCUT2D eigenvalue weighted by Gasteiger charge is -2.26. The third-order valence-corrected chi connectivity index (χ3v) is 4.88. The van der Waals surface area contributed by atoms with Crippen molar-refractivity contribution in [1.29, 1.82) is 0 Å². The fraction of sp³-hybridized carbons (Fsp3) is 1.00. The molecule has 0 aromatic rings. The van der Waals surface area contributed by atoms with E-state index in [0.29, 0.717) is 6.42 Å². The van der Waals surface area contributed by atoms with Gasteiger partial charge in [-0.3, -0.25) is 4.39 Å². The predicted octanol–water partition coefficient (Wildman–Crippen LogP) is 3.27. The first-order chi connectivity index (χ1) is 6.68. The van der Waals surface area contributed by atoms with Crippen LogP contribution in [0.15, 0.2) is 0 Å². The highest BCUT2D eigenvalue weighted by molar-refractivity contribution is 6.66. The van der Waals surface area contributed by atoms with Gasteiger partial charge in [-0.2, -0.15) is 0 Å². The fourth-order valence-electron chi connectivity index (χ4n) is 1.21. The summed E-state index contributed by atoms with van der Waals surface area (Å²) in [6.45, 7) is 7.38. The summed E-state index contributed by atoms with van der Waals surface area (Å²) >= 11 is 0. The lowest BCUT2D eigenvalue weighted by atomic mass is 10.5. The van der Waals surface area contributed by atoms with Crippen LogP contribution in [0.5, 0.6) is 0 Å². The maximum atomic E-state index is 12.1. The summed E-state index contributed by atoms with van der Waals surface area (Å²) in [6.07, 6.45) is 2.55. The van der Waals surface area contributed by atoms with E-state index < -0.39 is 8.56 Å². The second-order valence-corrected chi connectivity index (χ2v) is 6.97. The second kappa shape index (κ2) is 8.38. The van der Waals surface area contributed by atoms with E-state index in [4.69, 9.17) is 8.85 Å². The molecular weight excluding hydrogens is 199 g/mol. The molecule has 4 heteroatoms. The van der Waals surface area contributed by atoms with Crippen molar-refractivity contribution < 1.29 is 13.2 Å². The standard InChI is InChI=1S/C10H23FO2Si/c1-4-8-12-14(3,10-6-7-11)13-9-5-2/h4-10H2,1-3H3. The summed E-state index contributed by atoms with van der Waals surface area (Å²) in [5.74, 6) is 0. The number of hydrogen-bond acceptors (Lipinski definition) is 2. The molecule has 0 radical (unpaired) electrons. The van der Waals surface area contributed by atoms with Gasteiger partial charge in [-0.1, -0.05) is 13.8 Å². The number of hydrogen-bond donors (Lipinski definition) is 0. The van der Waals surface area contributed by atoms with Crippen LogP contribution in [0.25, 0.3) is 0 Å². The monoisotopic (exact) mass is 222 g/mol. The molecule has 0 aliphatic carbocycles. The number of halogens is 1. The van der Waals surface area contributed by atoms with E-state index >= 15 is 0 Å². The molecule has 0 fully saturated rings. The Morgan fingerprint density at radius 3 is 1.93 bits per heavy atom. The molecule has 0 aliphatic heterocycles. The van der Waals surface area contributed by atoms with Crippen LogP contribution in [-0.2, 0) is 8.85 Å². The normalized spacial score (nSPS) is 12.0. The Kier molecular flexibility index (Phi) is 8.42. The van der Waals surface area contributed by atoms with Crippen molar-refractivity contribution >= 4 is 8.56 Å². The Hall–Kier alpha value is 0.0669. The van der Waals surface area contributed by atoms with Crippen molar-refractivity contribution in [3.8, 4) is 0 Å². The van der Waals surface area contributed by atoms with E-state index in [-0.39, 0.29) is 6.67 Å². The third-order valence-electron chi connectivity index (χ3n) is 1.99. The first kappa shape index (κ1) is 14.1. The molecule has 0 saturated carbocycles. The number of alkyl halides is 1. The van der Waals surface area contributed by atoms with Gasteiger partial charge in [0.2, 0.25) is 0 Å². The predicted molar refractivity (Wildman–Crippen MR) is 59.5 cm³/mol. The van der Waals surface area contributed by atoms with Crippen LogP contribution in [0.4, 0.5) is 4.39 Å². The summed E-state index contributed by atoms with van der Waals surface area (Å²) in [7, 11) is -2.05. The Labute approximate surface area is 88.0 Å². The average Bonchev–Trinajstić information content (AvgIpc) is 2.21. The van der Waals surface area contributed by atoms with Crippen molar-refractivity contribution in [2.75, 3.05) is 19.9 Å². The van der Waals surface area contributed by atoms with Crippen molar-refractivity contribution in [2.45, 2.75) is 45.7 Å². The molecule has 0 N–H and O–H groups in total. The summed E-state index contributed by atoms with van der Waals surface area (Å²) in [5, 5.41) is 0. The highest BCUT2D eigenvalue weighted by Crippen LogP contribution is 2.16. The fourth-order valence-corrected chi connectivity index (χ4v) is 3.63. The van der Waals surface area contributed by atoms with Crippen molar-refractivity contribution in [1.82, 2.24) is 0 Å². The van der Waals surface area contributed by atoms with Gasteiger partial charge in [0.05, 0.1) is 6.67 Å². The van der Waals surface area contributed by atoms with Crippen molar-refractivity contribution in [2.24, 2.45) is 0 Å². The molecular formula is C10H23FO2Si. The molecule has 0 atom stereocenters. The van der Waals surface area contributed by atoms with E-state index in [2.05, 4.69) is 13.8 Å². The molecule has 86 valence electrons. The van der Waals surface area contributed by atoms with Gasteiger partial charge in [-0.15, -0.1) is 0 Å². The van der Waals surface area contributed by atoms with Crippen LogP contribution in [0.1, 0.15) is 33.1 Å². The molecule has 0 bridgehead atoms. The van der Waals surface area contributed by atoms with Crippen molar-refractivity contribution in [3.05, 3.63) is 0 Å². The van der Waals surface area contributed by atoms with Gasteiger partial charge in [0, 0.05) is 13.2 Å². The van der Waals surface area contributed by atoms with Crippen molar-refractivity contribution in [3.63, 3.8) is 0 Å². The molecule has 0 aromatic carbocycles. The van der Waals surface area contributed by atoms with Gasteiger partial charge < -0.3 is 8.85 Å². The minimum absolute atomic E-state index is 0.270. The average molecular weight is 222 g/mol.